The van der Waals surface area contributed by atoms with Crippen LogP contribution in [0.5, 0.6) is 0 Å². The van der Waals surface area contributed by atoms with Gasteiger partial charge in [-0.3, -0.25) is 9.78 Å². The number of alkyl halides is 2. The Morgan fingerprint density at radius 3 is 2.55 bits per heavy atom. The topological polar surface area (TPSA) is 114 Å². The largest absolute Gasteiger partial charge is 0.480 e. The molecule has 2 heterocycles. The van der Waals surface area contributed by atoms with Gasteiger partial charge in [0, 0.05) is 22.7 Å². The van der Waals surface area contributed by atoms with Gasteiger partial charge in [0.2, 0.25) is 0 Å². The Bertz CT molecular complexity index is 1070. The van der Waals surface area contributed by atoms with Crippen LogP contribution < -0.4 is 0 Å². The molecule has 13 heteroatoms. The molecule has 0 aliphatic carbocycles. The van der Waals surface area contributed by atoms with E-state index >= 15 is 8.78 Å². The van der Waals surface area contributed by atoms with Gasteiger partial charge in [0.15, 0.2) is 5.60 Å². The molecule has 0 fully saturated rings. The van der Waals surface area contributed by atoms with E-state index in [0.29, 0.717) is 17.0 Å². The molecule has 2 atom stereocenters. The number of aromatic nitrogens is 5. The van der Waals surface area contributed by atoms with Crippen molar-refractivity contribution in [1.82, 2.24) is 25.2 Å². The first-order chi connectivity index (χ1) is 14.5. The lowest BCUT2D eigenvalue weighted by Crippen LogP contribution is -2.48. The van der Waals surface area contributed by atoms with E-state index in [2.05, 4.69) is 20.5 Å². The van der Waals surface area contributed by atoms with Crippen LogP contribution in [0, 0.1) is 11.6 Å². The highest BCUT2D eigenvalue weighted by Gasteiger charge is 2.58. The van der Waals surface area contributed by atoms with Crippen molar-refractivity contribution in [1.29, 1.82) is 0 Å². The van der Waals surface area contributed by atoms with Gasteiger partial charge in [-0.1, -0.05) is 0 Å². The number of hydrogen-bond acceptors (Lipinski definition) is 7. The number of halogens is 4. The van der Waals surface area contributed by atoms with Crippen LogP contribution in [0.3, 0.4) is 0 Å². The molecule has 0 saturated carbocycles. The number of hydrogen-bond donors (Lipinski definition) is 2. The number of carboxylic acid groups (broad SMARTS) is 1. The molecule has 1 aromatic carbocycles. The van der Waals surface area contributed by atoms with Gasteiger partial charge in [-0.2, -0.15) is 8.78 Å². The van der Waals surface area contributed by atoms with Crippen LogP contribution in [0.25, 0.3) is 0 Å². The Hall–Kier alpha value is -3.06. The van der Waals surface area contributed by atoms with E-state index in [1.807, 2.05) is 0 Å². The van der Waals surface area contributed by atoms with Crippen molar-refractivity contribution in [2.24, 2.45) is 0 Å². The summed E-state index contributed by atoms with van der Waals surface area (Å²) < 4.78 is 59.6. The van der Waals surface area contributed by atoms with Gasteiger partial charge in [-0.25, -0.2) is 13.5 Å². The van der Waals surface area contributed by atoms with E-state index in [1.165, 1.54) is 13.0 Å². The van der Waals surface area contributed by atoms with Crippen LogP contribution in [-0.2, 0) is 22.9 Å². The molecule has 0 spiro atoms. The number of tetrazole rings is 1. The summed E-state index contributed by atoms with van der Waals surface area (Å²) in [6, 6.07) is 3.92. The molecule has 164 valence electrons. The van der Waals surface area contributed by atoms with E-state index in [4.69, 9.17) is 5.11 Å². The summed E-state index contributed by atoms with van der Waals surface area (Å²) >= 11 is 0.881. The first-order valence-electron chi connectivity index (χ1n) is 8.67. The maximum Gasteiger partial charge on any atom is 0.323 e. The number of benzene rings is 1. The highest BCUT2D eigenvalue weighted by atomic mass is 32.2. The van der Waals surface area contributed by atoms with Gasteiger partial charge in [0.1, 0.15) is 28.9 Å². The maximum atomic E-state index is 15.5. The molecule has 2 unspecified atom stereocenters. The van der Waals surface area contributed by atoms with E-state index in [1.54, 1.807) is 0 Å². The molecule has 2 aromatic heterocycles. The lowest BCUT2D eigenvalue weighted by molar-refractivity contribution is -0.207. The number of rotatable bonds is 8. The Labute approximate surface area is 176 Å². The van der Waals surface area contributed by atoms with Gasteiger partial charge in [0.05, 0.1) is 6.54 Å². The van der Waals surface area contributed by atoms with E-state index < -0.39 is 52.2 Å². The molecular weight excluding hydrogens is 442 g/mol. The summed E-state index contributed by atoms with van der Waals surface area (Å²) in [5.41, 5.74) is -5.04. The van der Waals surface area contributed by atoms with Gasteiger partial charge >= 0.3 is 11.9 Å². The zero-order valence-corrected chi connectivity index (χ0v) is 16.6. The number of carboxylic acids is 1. The third-order valence-electron chi connectivity index (χ3n) is 4.40. The standard InChI is InChI=1S/C18H15F4N5O3S/c1-10(16(28)29)31-12-3-5-15(23-7-12)18(21,22)17(30,8-27-9-24-25-26-27)13-4-2-11(19)6-14(13)20/h2-7,9-10,30H,8H2,1H3,(H,28,29). The number of nitrogens with zero attached hydrogens (tertiary/aromatic N) is 5. The van der Waals surface area contributed by atoms with E-state index in [0.717, 1.165) is 41.1 Å². The fourth-order valence-corrected chi connectivity index (χ4v) is 3.54. The molecule has 0 radical (unpaired) electrons. The third kappa shape index (κ3) is 4.51. The Morgan fingerprint density at radius 1 is 1.26 bits per heavy atom. The lowest BCUT2D eigenvalue weighted by Gasteiger charge is -2.35. The molecule has 31 heavy (non-hydrogen) atoms. The monoisotopic (exact) mass is 457 g/mol. The summed E-state index contributed by atoms with van der Waals surface area (Å²) in [5, 5.41) is 29.2. The Morgan fingerprint density at radius 2 is 2.00 bits per heavy atom. The molecule has 0 saturated heterocycles. The van der Waals surface area contributed by atoms with E-state index in [-0.39, 0.29) is 0 Å². The summed E-state index contributed by atoms with van der Waals surface area (Å²) in [6.45, 7) is 0.446. The first-order valence-corrected chi connectivity index (χ1v) is 9.55. The smallest absolute Gasteiger partial charge is 0.323 e. The zero-order chi connectivity index (χ0) is 22.8. The molecule has 0 aliphatic rings. The highest BCUT2D eigenvalue weighted by molar-refractivity contribution is 8.00. The van der Waals surface area contributed by atoms with Crippen molar-refractivity contribution in [2.75, 3.05) is 0 Å². The minimum absolute atomic E-state index is 0.298. The quantitative estimate of drug-likeness (QED) is 0.392. The minimum atomic E-state index is -4.18. The highest BCUT2D eigenvalue weighted by Crippen LogP contribution is 2.46. The van der Waals surface area contributed by atoms with Gasteiger partial charge in [-0.05, 0) is 41.6 Å². The second kappa shape index (κ2) is 8.59. The summed E-state index contributed by atoms with van der Waals surface area (Å²) in [7, 11) is 0. The molecule has 0 aliphatic heterocycles. The number of carbonyl (C=O) groups is 1. The van der Waals surface area contributed by atoms with Gasteiger partial charge in [0.25, 0.3) is 0 Å². The molecule has 0 bridgehead atoms. The summed E-state index contributed by atoms with van der Waals surface area (Å²) in [6.07, 6.45) is 1.97. The van der Waals surface area contributed by atoms with Crippen LogP contribution >= 0.6 is 11.8 Å². The molecule has 2 N–H and O–H groups in total. The third-order valence-corrected chi connectivity index (χ3v) is 5.47. The van der Waals surface area contributed by atoms with Crippen molar-refractivity contribution in [3.05, 3.63) is 65.7 Å². The van der Waals surface area contributed by atoms with Crippen LogP contribution in [0.2, 0.25) is 0 Å². The average Bonchev–Trinajstić information content (AvgIpc) is 3.20. The van der Waals surface area contributed by atoms with Crippen molar-refractivity contribution in [3.63, 3.8) is 0 Å². The van der Waals surface area contributed by atoms with Crippen LogP contribution in [0.4, 0.5) is 17.6 Å². The molecular formula is C18H15F4N5O3S. The normalized spacial score (nSPS) is 14.8. The van der Waals surface area contributed by atoms with E-state index in [9.17, 15) is 18.7 Å². The molecule has 8 nitrogen and oxygen atoms in total. The number of aliphatic hydroxyl groups is 1. The zero-order valence-electron chi connectivity index (χ0n) is 15.8. The lowest BCUT2D eigenvalue weighted by atomic mass is 9.84. The number of pyridine rings is 1. The molecule has 3 rings (SSSR count). The average molecular weight is 457 g/mol. The van der Waals surface area contributed by atoms with Crippen molar-refractivity contribution in [3.8, 4) is 0 Å². The van der Waals surface area contributed by atoms with Gasteiger partial charge < -0.3 is 10.2 Å². The molecule has 3 aromatic rings. The molecule has 0 amide bonds. The fraction of sp³-hybridized carbons (Fsp3) is 0.278. The van der Waals surface area contributed by atoms with Gasteiger partial charge in [-0.15, -0.1) is 16.9 Å². The first kappa shape index (κ1) is 22.6. The SMILES string of the molecule is CC(Sc1ccc(C(F)(F)C(O)(Cn2cnnn2)c2ccc(F)cc2F)nc1)C(=O)O. The fourth-order valence-electron chi connectivity index (χ4n) is 2.77. The maximum absolute atomic E-state index is 15.5. The number of thioether (sulfide) groups is 1. The summed E-state index contributed by atoms with van der Waals surface area (Å²) in [5.74, 6) is -7.68. The van der Waals surface area contributed by atoms with Crippen LogP contribution in [-0.4, -0.2) is 46.6 Å². The minimum Gasteiger partial charge on any atom is -0.480 e. The second-order valence-corrected chi connectivity index (χ2v) is 7.96. The Balaban J connectivity index is 2.04. The predicted octanol–water partition coefficient (Wildman–Crippen LogP) is 2.59. The second-order valence-electron chi connectivity index (χ2n) is 6.54. The van der Waals surface area contributed by atoms with Crippen LogP contribution in [0.15, 0.2) is 47.8 Å². The van der Waals surface area contributed by atoms with Crippen molar-refractivity contribution < 1.29 is 32.6 Å². The van der Waals surface area contributed by atoms with Crippen LogP contribution in [0.1, 0.15) is 18.2 Å². The Kier molecular flexibility index (Phi) is 6.27. The van der Waals surface area contributed by atoms with Crippen molar-refractivity contribution in [2.45, 2.75) is 35.1 Å². The predicted molar refractivity (Wildman–Crippen MR) is 99.2 cm³/mol. The van der Waals surface area contributed by atoms with Crippen molar-refractivity contribution >= 4 is 17.7 Å². The number of aliphatic carboxylic acids is 1. The summed E-state index contributed by atoms with van der Waals surface area (Å²) in [4.78, 5) is 14.9.